The van der Waals surface area contributed by atoms with Crippen molar-refractivity contribution in [2.24, 2.45) is 11.8 Å². The van der Waals surface area contributed by atoms with Gasteiger partial charge >= 0.3 is 0 Å². The van der Waals surface area contributed by atoms with Gasteiger partial charge in [0.05, 0.1) is 0 Å². The molecule has 2 saturated heterocycles. The molecule has 3 nitrogen and oxygen atoms in total. The van der Waals surface area contributed by atoms with Crippen LogP contribution in [0.1, 0.15) is 18.4 Å². The van der Waals surface area contributed by atoms with Crippen molar-refractivity contribution in [2.75, 3.05) is 26.2 Å². The van der Waals surface area contributed by atoms with Crippen molar-refractivity contribution in [1.82, 2.24) is 10.2 Å². The fourth-order valence-electron chi connectivity index (χ4n) is 3.66. The molecule has 0 spiro atoms. The van der Waals surface area contributed by atoms with Gasteiger partial charge in [0.25, 0.3) is 0 Å². The summed E-state index contributed by atoms with van der Waals surface area (Å²) in [6.45, 7) is 4.76. The summed E-state index contributed by atoms with van der Waals surface area (Å²) in [5.74, 6) is 1.11. The zero-order chi connectivity index (χ0) is 13.1. The number of nitrogens with one attached hydrogen (secondary N) is 1. The lowest BCUT2D eigenvalue weighted by molar-refractivity contribution is 0.0402. The Kier molecular flexibility index (Phi) is 4.16. The Morgan fingerprint density at radius 3 is 2.84 bits per heavy atom. The van der Waals surface area contributed by atoms with Crippen LogP contribution in [0.5, 0.6) is 0 Å². The summed E-state index contributed by atoms with van der Waals surface area (Å²) in [4.78, 5) is 2.55. The van der Waals surface area contributed by atoms with Gasteiger partial charge in [0.2, 0.25) is 0 Å². The normalized spacial score (nSPS) is 31.9. The lowest BCUT2D eigenvalue weighted by Crippen LogP contribution is -2.55. The van der Waals surface area contributed by atoms with Crippen LogP contribution < -0.4 is 5.32 Å². The van der Waals surface area contributed by atoms with Crippen LogP contribution >= 0.6 is 0 Å². The fraction of sp³-hybridized carbons (Fsp3) is 0.625. The van der Waals surface area contributed by atoms with Crippen molar-refractivity contribution in [3.05, 3.63) is 35.9 Å². The molecule has 104 valence electrons. The second-order valence-corrected chi connectivity index (χ2v) is 5.97. The third-order valence-corrected chi connectivity index (χ3v) is 4.75. The summed E-state index contributed by atoms with van der Waals surface area (Å²) < 4.78 is 0. The average Bonchev–Trinajstić information content (AvgIpc) is 2.47. The van der Waals surface area contributed by atoms with Crippen LogP contribution in [0.2, 0.25) is 0 Å². The number of hydrogen-bond acceptors (Lipinski definition) is 3. The van der Waals surface area contributed by atoms with Gasteiger partial charge in [-0.15, -0.1) is 0 Å². The van der Waals surface area contributed by atoms with Gasteiger partial charge in [-0.05, 0) is 43.3 Å². The van der Waals surface area contributed by atoms with Gasteiger partial charge < -0.3 is 10.4 Å². The van der Waals surface area contributed by atoms with Gasteiger partial charge in [-0.3, -0.25) is 4.90 Å². The Bertz CT molecular complexity index is 389. The summed E-state index contributed by atoms with van der Waals surface area (Å²) in [6, 6.07) is 11.3. The third-order valence-electron chi connectivity index (χ3n) is 4.75. The van der Waals surface area contributed by atoms with E-state index in [0.29, 0.717) is 24.5 Å². The quantitative estimate of drug-likeness (QED) is 0.864. The van der Waals surface area contributed by atoms with Gasteiger partial charge in [0.1, 0.15) is 0 Å². The lowest BCUT2D eigenvalue weighted by atomic mass is 9.77. The SMILES string of the molecule is OCC1CCNC2CCN(Cc3ccccc3)CC12. The highest BCUT2D eigenvalue weighted by Gasteiger charge is 2.36. The highest BCUT2D eigenvalue weighted by molar-refractivity contribution is 5.14. The van der Waals surface area contributed by atoms with Gasteiger partial charge in [0.15, 0.2) is 0 Å². The smallest absolute Gasteiger partial charge is 0.0463 e. The molecule has 0 bridgehead atoms. The number of likely N-dealkylation sites (tertiary alicyclic amines) is 1. The Balaban J connectivity index is 1.63. The average molecular weight is 260 g/mol. The maximum Gasteiger partial charge on any atom is 0.0463 e. The van der Waals surface area contributed by atoms with Crippen molar-refractivity contribution in [3.63, 3.8) is 0 Å². The first-order valence-electron chi connectivity index (χ1n) is 7.47. The maximum absolute atomic E-state index is 9.56. The van der Waals surface area contributed by atoms with E-state index in [1.165, 1.54) is 18.5 Å². The van der Waals surface area contributed by atoms with E-state index >= 15 is 0 Å². The van der Waals surface area contributed by atoms with Crippen LogP contribution in [-0.4, -0.2) is 42.3 Å². The molecule has 0 aromatic heterocycles. The molecule has 3 unspecified atom stereocenters. The summed E-state index contributed by atoms with van der Waals surface area (Å²) in [7, 11) is 0. The van der Waals surface area contributed by atoms with Crippen LogP contribution in [0.3, 0.4) is 0 Å². The van der Waals surface area contributed by atoms with Crippen molar-refractivity contribution < 1.29 is 5.11 Å². The predicted octanol–water partition coefficient (Wildman–Crippen LogP) is 1.48. The van der Waals surface area contributed by atoms with E-state index in [1.807, 2.05) is 0 Å². The fourth-order valence-corrected chi connectivity index (χ4v) is 3.66. The van der Waals surface area contributed by atoms with Crippen LogP contribution in [0, 0.1) is 11.8 Å². The maximum atomic E-state index is 9.56. The second kappa shape index (κ2) is 6.04. The number of rotatable bonds is 3. The van der Waals surface area contributed by atoms with E-state index < -0.39 is 0 Å². The van der Waals surface area contributed by atoms with E-state index in [9.17, 15) is 5.11 Å². The molecule has 0 amide bonds. The molecule has 1 aromatic rings. The van der Waals surface area contributed by atoms with Crippen molar-refractivity contribution in [3.8, 4) is 0 Å². The second-order valence-electron chi connectivity index (χ2n) is 5.97. The van der Waals surface area contributed by atoms with Crippen LogP contribution in [0.4, 0.5) is 0 Å². The molecular weight excluding hydrogens is 236 g/mol. The number of fused-ring (bicyclic) bond motifs is 1. The molecule has 3 heteroatoms. The molecule has 2 aliphatic rings. The number of benzene rings is 1. The molecule has 3 atom stereocenters. The first kappa shape index (κ1) is 13.1. The third kappa shape index (κ3) is 2.99. The molecule has 2 heterocycles. The summed E-state index contributed by atoms with van der Waals surface area (Å²) in [6.07, 6.45) is 2.34. The van der Waals surface area contributed by atoms with Crippen molar-refractivity contribution in [2.45, 2.75) is 25.4 Å². The van der Waals surface area contributed by atoms with Crippen LogP contribution in [0.25, 0.3) is 0 Å². The molecule has 2 fully saturated rings. The topological polar surface area (TPSA) is 35.5 Å². The van der Waals surface area contributed by atoms with E-state index in [-0.39, 0.29) is 0 Å². The van der Waals surface area contributed by atoms with E-state index in [1.54, 1.807) is 0 Å². The Hall–Kier alpha value is -0.900. The summed E-state index contributed by atoms with van der Waals surface area (Å²) in [5.41, 5.74) is 1.39. The van der Waals surface area contributed by atoms with E-state index in [2.05, 4.69) is 40.5 Å². The molecule has 0 saturated carbocycles. The number of aliphatic hydroxyl groups excluding tert-OH is 1. The predicted molar refractivity (Wildman–Crippen MR) is 76.8 cm³/mol. The number of hydrogen-bond donors (Lipinski definition) is 2. The molecule has 19 heavy (non-hydrogen) atoms. The first-order valence-corrected chi connectivity index (χ1v) is 7.47. The van der Waals surface area contributed by atoms with Gasteiger partial charge in [-0.2, -0.15) is 0 Å². The largest absolute Gasteiger partial charge is 0.396 e. The molecule has 0 aliphatic carbocycles. The van der Waals surface area contributed by atoms with Gasteiger partial charge in [-0.1, -0.05) is 30.3 Å². The molecule has 2 N–H and O–H groups in total. The molecule has 0 radical (unpaired) electrons. The minimum atomic E-state index is 0.349. The van der Waals surface area contributed by atoms with Crippen molar-refractivity contribution in [1.29, 1.82) is 0 Å². The minimum absolute atomic E-state index is 0.349. The molecule has 1 aromatic carbocycles. The van der Waals surface area contributed by atoms with E-state index in [0.717, 1.165) is 26.1 Å². The number of nitrogens with zero attached hydrogens (tertiary/aromatic N) is 1. The lowest BCUT2D eigenvalue weighted by Gasteiger charge is -2.45. The molecule has 2 aliphatic heterocycles. The molecule has 3 rings (SSSR count). The van der Waals surface area contributed by atoms with E-state index in [4.69, 9.17) is 0 Å². The van der Waals surface area contributed by atoms with Gasteiger partial charge in [0, 0.05) is 25.7 Å². The highest BCUT2D eigenvalue weighted by Crippen LogP contribution is 2.30. The zero-order valence-electron chi connectivity index (χ0n) is 11.5. The van der Waals surface area contributed by atoms with Crippen LogP contribution in [0.15, 0.2) is 30.3 Å². The standard InChI is InChI=1S/C16H24N2O/c19-12-14-6-8-17-16-7-9-18(11-15(14)16)10-13-4-2-1-3-5-13/h1-5,14-17,19H,6-12H2. The number of aliphatic hydroxyl groups is 1. The first-order chi connectivity index (χ1) is 9.36. The summed E-state index contributed by atoms with van der Waals surface area (Å²) >= 11 is 0. The summed E-state index contributed by atoms with van der Waals surface area (Å²) in [5, 5.41) is 13.2. The van der Waals surface area contributed by atoms with Crippen molar-refractivity contribution >= 4 is 0 Å². The van der Waals surface area contributed by atoms with Gasteiger partial charge in [-0.25, -0.2) is 0 Å². The Morgan fingerprint density at radius 1 is 1.21 bits per heavy atom. The Morgan fingerprint density at radius 2 is 2.05 bits per heavy atom. The number of piperidine rings is 2. The zero-order valence-corrected chi connectivity index (χ0v) is 11.5. The minimum Gasteiger partial charge on any atom is -0.396 e. The Labute approximate surface area is 115 Å². The highest BCUT2D eigenvalue weighted by atomic mass is 16.3. The monoisotopic (exact) mass is 260 g/mol. The van der Waals surface area contributed by atoms with Crippen LogP contribution in [-0.2, 0) is 6.54 Å². The molecular formula is C16H24N2O.